The van der Waals surface area contributed by atoms with Crippen LogP contribution >= 0.6 is 0 Å². The van der Waals surface area contributed by atoms with E-state index in [0.717, 1.165) is 44.9 Å². The zero-order valence-electron chi connectivity index (χ0n) is 28.3. The highest BCUT2D eigenvalue weighted by atomic mass is 16.6. The van der Waals surface area contributed by atoms with Crippen molar-refractivity contribution in [2.75, 3.05) is 6.61 Å². The van der Waals surface area contributed by atoms with Gasteiger partial charge in [-0.15, -0.1) is 0 Å². The number of allylic oxidation sites excluding steroid dienone is 1. The number of benzene rings is 1. The van der Waals surface area contributed by atoms with Crippen LogP contribution < -0.4 is 0 Å². The number of rotatable bonds is 5. The van der Waals surface area contributed by atoms with Crippen molar-refractivity contribution in [1.82, 2.24) is 0 Å². The molecule has 0 bridgehead atoms. The summed E-state index contributed by atoms with van der Waals surface area (Å²) in [5, 5.41) is 41.9. The maximum absolute atomic E-state index is 13.0. The molecule has 5 saturated carbocycles. The van der Waals surface area contributed by atoms with Crippen molar-refractivity contribution in [3.8, 4) is 11.5 Å². The van der Waals surface area contributed by atoms with E-state index in [1.807, 2.05) is 0 Å². The molecule has 248 valence electrons. The summed E-state index contributed by atoms with van der Waals surface area (Å²) in [6.07, 6.45) is 11.1. The van der Waals surface area contributed by atoms with Crippen LogP contribution in [-0.4, -0.2) is 45.2 Å². The quantitative estimate of drug-likeness (QED) is 0.117. The molecular formula is C39H56O6. The fraction of sp³-hybridized carbons (Fsp3) is 0.718. The van der Waals surface area contributed by atoms with Gasteiger partial charge in [-0.1, -0.05) is 52.8 Å². The Balaban J connectivity index is 1.25. The minimum Gasteiger partial charge on any atom is -0.504 e. The maximum atomic E-state index is 13.0. The third kappa shape index (κ3) is 4.66. The Morgan fingerprint density at radius 2 is 1.69 bits per heavy atom. The first kappa shape index (κ1) is 32.6. The molecule has 6 heteroatoms. The van der Waals surface area contributed by atoms with Crippen molar-refractivity contribution >= 4 is 12.0 Å². The van der Waals surface area contributed by atoms with Gasteiger partial charge in [0.1, 0.15) is 6.10 Å². The molecule has 1 aromatic carbocycles. The normalized spacial score (nSPS) is 45.2. The second kappa shape index (κ2) is 10.9. The molecule has 0 saturated heterocycles. The van der Waals surface area contributed by atoms with Gasteiger partial charge in [-0.25, -0.2) is 4.79 Å². The molecule has 5 aliphatic rings. The van der Waals surface area contributed by atoms with Gasteiger partial charge in [0.15, 0.2) is 11.5 Å². The van der Waals surface area contributed by atoms with Crippen molar-refractivity contribution in [2.45, 2.75) is 112 Å². The Labute approximate surface area is 270 Å². The van der Waals surface area contributed by atoms with Crippen molar-refractivity contribution < 1.29 is 30.0 Å². The summed E-state index contributed by atoms with van der Waals surface area (Å²) in [6, 6.07) is 4.38. The Kier molecular flexibility index (Phi) is 7.88. The molecule has 6 rings (SSSR count). The standard InChI is InChI=1S/C39H56O6/c1-23(2)25-14-17-39(22-40)19-18-37(6)26(33(25)39)10-12-31-36(5)21-29(43)34(35(3,4)30(36)15-16-38(31,37)7)45-32(44)13-9-24-8-11-27(41)28(42)20-24/h8-9,11,13,20,25-26,29-31,33-34,40-43H,1,10,12,14-19,21-22H2,2-7H3/t25-,26+,29+,30-,31+,33+,34-,36-,37+,38+,39+/m0/s1. The number of ether oxygens (including phenoxy) is 1. The lowest BCUT2D eigenvalue weighted by Gasteiger charge is -2.73. The molecule has 0 spiro atoms. The number of phenols is 2. The van der Waals surface area contributed by atoms with Crippen molar-refractivity contribution in [3.05, 3.63) is 42.0 Å². The third-order valence-electron chi connectivity index (χ3n) is 15.1. The summed E-state index contributed by atoms with van der Waals surface area (Å²) in [5.41, 5.74) is 1.69. The van der Waals surface area contributed by atoms with E-state index >= 15 is 0 Å². The number of carbonyl (C=O) groups is 1. The van der Waals surface area contributed by atoms with E-state index in [9.17, 15) is 25.2 Å². The smallest absolute Gasteiger partial charge is 0.331 e. The van der Waals surface area contributed by atoms with E-state index in [-0.39, 0.29) is 33.2 Å². The Hall–Kier alpha value is -2.31. The fourth-order valence-corrected chi connectivity index (χ4v) is 12.9. The number of aliphatic hydroxyl groups is 2. The second-order valence-corrected chi connectivity index (χ2v) is 17.2. The Morgan fingerprint density at radius 1 is 0.956 bits per heavy atom. The predicted octanol–water partition coefficient (Wildman–Crippen LogP) is 7.64. The lowest BCUT2D eigenvalue weighted by Crippen LogP contribution is -2.68. The van der Waals surface area contributed by atoms with Crippen LogP contribution in [-0.2, 0) is 9.53 Å². The van der Waals surface area contributed by atoms with Crippen LogP contribution in [0.1, 0.15) is 105 Å². The molecule has 5 fully saturated rings. The van der Waals surface area contributed by atoms with Gasteiger partial charge in [-0.3, -0.25) is 0 Å². The SMILES string of the molecule is C=C(C)[C@@H]1CC[C@]2(CO)CC[C@]3(C)[C@H](CC[C@@H]4[C@@]5(C)C[C@@H](O)[C@H](OC(=O)C=Cc6ccc(O)c(O)c6)C(C)(C)[C@@H]5CC[C@]43C)[C@@H]12. The number of esters is 1. The van der Waals surface area contributed by atoms with Crippen LogP contribution in [0.5, 0.6) is 11.5 Å². The van der Waals surface area contributed by atoms with Gasteiger partial charge in [0, 0.05) is 18.1 Å². The minimum absolute atomic E-state index is 0.0370. The largest absolute Gasteiger partial charge is 0.504 e. The predicted molar refractivity (Wildman–Crippen MR) is 176 cm³/mol. The van der Waals surface area contributed by atoms with Crippen LogP contribution in [0.25, 0.3) is 6.08 Å². The van der Waals surface area contributed by atoms with E-state index in [1.54, 1.807) is 12.1 Å². The summed E-state index contributed by atoms with van der Waals surface area (Å²) < 4.78 is 6.04. The Bertz CT molecular complexity index is 1380. The van der Waals surface area contributed by atoms with Gasteiger partial charge in [0.25, 0.3) is 0 Å². The van der Waals surface area contributed by atoms with E-state index in [0.29, 0.717) is 48.2 Å². The molecule has 0 unspecified atom stereocenters. The average Bonchev–Trinajstić information content (AvgIpc) is 3.36. The topological polar surface area (TPSA) is 107 Å². The fourth-order valence-electron chi connectivity index (χ4n) is 12.9. The van der Waals surface area contributed by atoms with E-state index in [4.69, 9.17) is 4.74 Å². The van der Waals surface area contributed by atoms with Crippen LogP contribution in [0, 0.1) is 56.7 Å². The van der Waals surface area contributed by atoms with E-state index < -0.39 is 23.6 Å². The first-order chi connectivity index (χ1) is 21.0. The Morgan fingerprint density at radius 3 is 2.36 bits per heavy atom. The maximum Gasteiger partial charge on any atom is 0.331 e. The average molecular weight is 621 g/mol. The van der Waals surface area contributed by atoms with Gasteiger partial charge in [0.05, 0.1) is 6.10 Å². The molecule has 5 aliphatic carbocycles. The van der Waals surface area contributed by atoms with E-state index in [2.05, 4.69) is 48.1 Å². The second-order valence-electron chi connectivity index (χ2n) is 17.2. The highest BCUT2D eigenvalue weighted by molar-refractivity contribution is 5.87. The zero-order valence-corrected chi connectivity index (χ0v) is 28.3. The van der Waals surface area contributed by atoms with Crippen LogP contribution in [0.4, 0.5) is 0 Å². The zero-order chi connectivity index (χ0) is 32.7. The highest BCUT2D eigenvalue weighted by Gasteiger charge is 2.71. The van der Waals surface area contributed by atoms with Crippen LogP contribution in [0.15, 0.2) is 36.4 Å². The summed E-state index contributed by atoms with van der Waals surface area (Å²) in [7, 11) is 0. The van der Waals surface area contributed by atoms with Crippen molar-refractivity contribution in [3.63, 3.8) is 0 Å². The molecule has 4 N–H and O–H groups in total. The molecule has 0 amide bonds. The first-order valence-corrected chi connectivity index (χ1v) is 17.4. The number of aromatic hydroxyl groups is 2. The molecular weight excluding hydrogens is 564 g/mol. The highest BCUT2D eigenvalue weighted by Crippen LogP contribution is 2.77. The third-order valence-corrected chi connectivity index (χ3v) is 15.1. The van der Waals surface area contributed by atoms with Gasteiger partial charge in [-0.05, 0) is 140 Å². The number of carbonyl (C=O) groups excluding carboxylic acids is 1. The van der Waals surface area contributed by atoms with Crippen LogP contribution in [0.3, 0.4) is 0 Å². The summed E-state index contributed by atoms with van der Waals surface area (Å²) in [6.45, 7) is 18.9. The number of hydrogen-bond donors (Lipinski definition) is 4. The molecule has 0 aromatic heterocycles. The first-order valence-electron chi connectivity index (χ1n) is 17.4. The van der Waals surface area contributed by atoms with Gasteiger partial charge in [-0.2, -0.15) is 0 Å². The number of phenolic OH excluding ortho intramolecular Hbond substituents is 2. The van der Waals surface area contributed by atoms with Crippen molar-refractivity contribution in [2.24, 2.45) is 56.7 Å². The molecule has 1 aromatic rings. The lowest BCUT2D eigenvalue weighted by atomic mass is 9.32. The number of aliphatic hydroxyl groups excluding tert-OH is 2. The number of hydrogen-bond acceptors (Lipinski definition) is 6. The molecule has 0 heterocycles. The molecule has 0 radical (unpaired) electrons. The number of fused-ring (bicyclic) bond motifs is 7. The summed E-state index contributed by atoms with van der Waals surface area (Å²) in [5.74, 6) is 1.34. The summed E-state index contributed by atoms with van der Waals surface area (Å²) in [4.78, 5) is 13.0. The lowest BCUT2D eigenvalue weighted by molar-refractivity contribution is -0.266. The summed E-state index contributed by atoms with van der Waals surface area (Å²) >= 11 is 0. The monoisotopic (exact) mass is 620 g/mol. The molecule has 45 heavy (non-hydrogen) atoms. The molecule has 6 nitrogen and oxygen atoms in total. The minimum atomic E-state index is -0.764. The van der Waals surface area contributed by atoms with Gasteiger partial charge >= 0.3 is 5.97 Å². The van der Waals surface area contributed by atoms with Crippen LogP contribution in [0.2, 0.25) is 0 Å². The van der Waals surface area contributed by atoms with Gasteiger partial charge in [0.2, 0.25) is 0 Å². The van der Waals surface area contributed by atoms with E-state index in [1.165, 1.54) is 30.2 Å². The molecule has 11 atom stereocenters. The van der Waals surface area contributed by atoms with Crippen molar-refractivity contribution in [1.29, 1.82) is 0 Å². The van der Waals surface area contributed by atoms with Gasteiger partial charge < -0.3 is 25.2 Å². The molecule has 0 aliphatic heterocycles.